The predicted molar refractivity (Wildman–Crippen MR) is 127 cm³/mol. The van der Waals surface area contributed by atoms with Gasteiger partial charge in [0.15, 0.2) is 5.17 Å². The van der Waals surface area contributed by atoms with Gasteiger partial charge in [0.05, 0.1) is 9.80 Å². The van der Waals surface area contributed by atoms with Crippen LogP contribution in [0.25, 0.3) is 6.08 Å². The summed E-state index contributed by atoms with van der Waals surface area (Å²) in [6.07, 6.45) is 3.67. The van der Waals surface area contributed by atoms with Gasteiger partial charge in [-0.15, -0.1) is 11.0 Å². The van der Waals surface area contributed by atoms with Crippen molar-refractivity contribution in [1.29, 1.82) is 0 Å². The van der Waals surface area contributed by atoms with Gasteiger partial charge in [-0.2, -0.15) is 8.42 Å². The summed E-state index contributed by atoms with van der Waals surface area (Å²) < 4.78 is 44.2. The number of benzene rings is 2. The molecule has 1 saturated heterocycles. The second kappa shape index (κ2) is 9.44. The van der Waals surface area contributed by atoms with Gasteiger partial charge >= 0.3 is 0 Å². The molecule has 0 unspecified atom stereocenters. The number of halogens is 2. The van der Waals surface area contributed by atoms with Gasteiger partial charge in [0, 0.05) is 15.7 Å². The minimum Gasteiger partial charge on any atom is -0.282 e. The molecule has 0 N–H and O–H groups in total. The van der Waals surface area contributed by atoms with E-state index in [2.05, 4.69) is 11.0 Å². The summed E-state index contributed by atoms with van der Waals surface area (Å²) in [5.41, 5.74) is 1.25. The van der Waals surface area contributed by atoms with Crippen molar-refractivity contribution in [3.05, 3.63) is 80.5 Å². The molecule has 3 rings (SSSR count). The summed E-state index contributed by atoms with van der Waals surface area (Å²) in [6.45, 7) is 5.67. The zero-order chi connectivity index (χ0) is 21.9. The first-order chi connectivity index (χ1) is 14.3. The van der Waals surface area contributed by atoms with Gasteiger partial charge in [-0.25, -0.2) is 4.39 Å². The maximum absolute atomic E-state index is 14.4. The monoisotopic (exact) mass is 556 g/mol. The molecule has 1 aliphatic rings. The van der Waals surface area contributed by atoms with Crippen LogP contribution >= 0.6 is 34.4 Å². The van der Waals surface area contributed by atoms with Crippen molar-refractivity contribution in [1.82, 2.24) is 4.90 Å². The lowest BCUT2D eigenvalue weighted by molar-refractivity contribution is -0.121. The minimum absolute atomic E-state index is 0.0109. The first kappa shape index (κ1) is 22.7. The van der Waals surface area contributed by atoms with Gasteiger partial charge in [0.2, 0.25) is 0 Å². The number of amidine groups is 1. The standard InChI is InChI=1S/C21H18FIN2O3S2/c1-3-12-25-20(26)18(13-15-6-5-7-17(23)19(15)22)29-21(25)24-30(27,28)16-10-8-14(4-2)9-11-16/h3,5-11,13H,1,4,12H2,2H3/b18-13-,24-21?. The number of nitrogens with zero attached hydrogens (tertiary/aromatic N) is 2. The molecule has 0 saturated carbocycles. The van der Waals surface area contributed by atoms with Crippen molar-refractivity contribution in [2.24, 2.45) is 4.40 Å². The van der Waals surface area contributed by atoms with Crippen LogP contribution in [0.3, 0.4) is 0 Å². The summed E-state index contributed by atoms with van der Waals surface area (Å²) in [6, 6.07) is 11.3. The van der Waals surface area contributed by atoms with Crippen LogP contribution in [0.5, 0.6) is 0 Å². The van der Waals surface area contributed by atoms with Crippen LogP contribution in [-0.2, 0) is 21.2 Å². The van der Waals surface area contributed by atoms with Crippen molar-refractivity contribution in [2.75, 3.05) is 6.54 Å². The Balaban J connectivity index is 2.00. The van der Waals surface area contributed by atoms with Crippen molar-refractivity contribution in [3.63, 3.8) is 0 Å². The number of hydrogen-bond donors (Lipinski definition) is 0. The first-order valence-electron chi connectivity index (χ1n) is 8.97. The van der Waals surface area contributed by atoms with E-state index >= 15 is 0 Å². The molecule has 1 fully saturated rings. The molecule has 0 atom stereocenters. The van der Waals surface area contributed by atoms with Crippen molar-refractivity contribution >= 4 is 61.5 Å². The smallest absolute Gasteiger partial charge is 0.282 e. The Morgan fingerprint density at radius 2 is 1.93 bits per heavy atom. The second-order valence-electron chi connectivity index (χ2n) is 6.30. The van der Waals surface area contributed by atoms with Crippen LogP contribution in [0, 0.1) is 9.39 Å². The normalized spacial score (nSPS) is 17.2. The molecule has 0 radical (unpaired) electrons. The lowest BCUT2D eigenvalue weighted by Crippen LogP contribution is -2.29. The van der Waals surface area contributed by atoms with E-state index in [1.165, 1.54) is 29.2 Å². The highest BCUT2D eigenvalue weighted by Gasteiger charge is 2.34. The average molecular weight is 556 g/mol. The fraction of sp³-hybridized carbons (Fsp3) is 0.143. The molecule has 9 heteroatoms. The van der Waals surface area contributed by atoms with E-state index in [9.17, 15) is 17.6 Å². The molecule has 1 amide bonds. The molecule has 30 heavy (non-hydrogen) atoms. The molecule has 0 bridgehead atoms. The second-order valence-corrected chi connectivity index (χ2v) is 10.1. The number of rotatable bonds is 6. The van der Waals surface area contributed by atoms with Gasteiger partial charge in [0.25, 0.3) is 15.9 Å². The van der Waals surface area contributed by atoms with Crippen LogP contribution in [0.1, 0.15) is 18.1 Å². The number of aryl methyl sites for hydroxylation is 1. The van der Waals surface area contributed by atoms with Crippen molar-refractivity contribution in [3.8, 4) is 0 Å². The van der Waals surface area contributed by atoms with Gasteiger partial charge in [-0.05, 0) is 70.6 Å². The van der Waals surface area contributed by atoms with Gasteiger partial charge in [0.1, 0.15) is 5.82 Å². The summed E-state index contributed by atoms with van der Waals surface area (Å²) >= 11 is 2.77. The van der Waals surface area contributed by atoms with Crippen LogP contribution in [0.4, 0.5) is 4.39 Å². The number of carbonyl (C=O) groups excluding carboxylic acids is 1. The Bertz CT molecular complexity index is 1160. The quantitative estimate of drug-likeness (QED) is 0.290. The van der Waals surface area contributed by atoms with E-state index in [4.69, 9.17) is 0 Å². The Labute approximate surface area is 193 Å². The molecule has 1 heterocycles. The Morgan fingerprint density at radius 3 is 2.57 bits per heavy atom. The van der Waals surface area contributed by atoms with E-state index < -0.39 is 21.7 Å². The highest BCUT2D eigenvalue weighted by Crippen LogP contribution is 2.34. The molecule has 2 aromatic rings. The van der Waals surface area contributed by atoms with E-state index in [0.717, 1.165) is 23.7 Å². The Hall–Kier alpha value is -1.98. The molecular formula is C21H18FIN2O3S2. The molecule has 0 aliphatic carbocycles. The SMILES string of the molecule is C=CCN1C(=O)/C(=C/c2cccc(I)c2F)SC1=NS(=O)(=O)c1ccc(CC)cc1. The highest BCUT2D eigenvalue weighted by atomic mass is 127. The maximum atomic E-state index is 14.4. The number of sulfonamides is 1. The molecular weight excluding hydrogens is 538 g/mol. The molecule has 0 spiro atoms. The Morgan fingerprint density at radius 1 is 1.23 bits per heavy atom. The van der Waals surface area contributed by atoms with E-state index in [-0.39, 0.29) is 27.1 Å². The summed E-state index contributed by atoms with van der Waals surface area (Å²) in [5.74, 6) is -0.892. The van der Waals surface area contributed by atoms with Gasteiger partial charge < -0.3 is 0 Å². The fourth-order valence-corrected chi connectivity index (χ4v) is 5.39. The van der Waals surface area contributed by atoms with E-state index in [1.807, 2.05) is 29.5 Å². The zero-order valence-corrected chi connectivity index (χ0v) is 19.8. The Kier molecular flexibility index (Phi) is 7.14. The molecule has 5 nitrogen and oxygen atoms in total. The van der Waals surface area contributed by atoms with Crippen LogP contribution in [0.2, 0.25) is 0 Å². The first-order valence-corrected chi connectivity index (χ1v) is 12.3. The average Bonchev–Trinajstić information content (AvgIpc) is 3.00. The predicted octanol–water partition coefficient (Wildman–Crippen LogP) is 4.84. The van der Waals surface area contributed by atoms with Crippen molar-refractivity contribution < 1.29 is 17.6 Å². The molecule has 156 valence electrons. The minimum atomic E-state index is -4.02. The number of amides is 1. The molecule has 1 aliphatic heterocycles. The van der Waals surface area contributed by atoms with E-state index in [1.54, 1.807) is 30.3 Å². The topological polar surface area (TPSA) is 66.8 Å². The largest absolute Gasteiger partial charge is 0.284 e. The summed E-state index contributed by atoms with van der Waals surface area (Å²) in [5, 5.41) is 0.0109. The van der Waals surface area contributed by atoms with E-state index in [0.29, 0.717) is 3.57 Å². The summed E-state index contributed by atoms with van der Waals surface area (Å²) in [7, 11) is -4.02. The number of thioether (sulfide) groups is 1. The van der Waals surface area contributed by atoms with Crippen LogP contribution < -0.4 is 0 Å². The summed E-state index contributed by atoms with van der Waals surface area (Å²) in [4.78, 5) is 14.2. The third-order valence-corrected chi connectivity index (χ3v) is 7.53. The molecule has 0 aromatic heterocycles. The zero-order valence-electron chi connectivity index (χ0n) is 16.0. The lowest BCUT2D eigenvalue weighted by Gasteiger charge is -2.12. The number of carbonyl (C=O) groups is 1. The molecule has 2 aromatic carbocycles. The van der Waals surface area contributed by atoms with Crippen LogP contribution in [-0.4, -0.2) is 30.9 Å². The number of hydrogen-bond acceptors (Lipinski definition) is 4. The third kappa shape index (κ3) is 4.84. The fourth-order valence-electron chi connectivity index (χ4n) is 2.69. The van der Waals surface area contributed by atoms with Gasteiger partial charge in [-0.3, -0.25) is 9.69 Å². The van der Waals surface area contributed by atoms with Gasteiger partial charge in [-0.1, -0.05) is 37.3 Å². The van der Waals surface area contributed by atoms with Crippen LogP contribution in [0.15, 0.2) is 69.3 Å². The highest BCUT2D eigenvalue weighted by molar-refractivity contribution is 14.1. The lowest BCUT2D eigenvalue weighted by atomic mass is 10.2. The third-order valence-electron chi connectivity index (χ3n) is 4.30. The van der Waals surface area contributed by atoms with Crippen molar-refractivity contribution in [2.45, 2.75) is 18.2 Å². The maximum Gasteiger partial charge on any atom is 0.284 e.